The van der Waals surface area contributed by atoms with Gasteiger partial charge in [0.1, 0.15) is 5.69 Å². The summed E-state index contributed by atoms with van der Waals surface area (Å²) >= 11 is 0. The summed E-state index contributed by atoms with van der Waals surface area (Å²) in [6.45, 7) is 8.40. The Hall–Kier alpha value is -3.21. The molecule has 0 saturated carbocycles. The third kappa shape index (κ3) is 4.91. The second-order valence-electron chi connectivity index (χ2n) is 6.83. The van der Waals surface area contributed by atoms with Crippen LogP contribution in [0, 0.1) is 27.7 Å². The van der Waals surface area contributed by atoms with E-state index in [9.17, 15) is 4.79 Å². The van der Waals surface area contributed by atoms with Crippen LogP contribution >= 0.6 is 0 Å². The van der Waals surface area contributed by atoms with Gasteiger partial charge in [0.05, 0.1) is 0 Å². The van der Waals surface area contributed by atoms with Crippen molar-refractivity contribution in [1.82, 2.24) is 15.3 Å². The molecule has 0 atom stereocenters. The molecule has 0 fully saturated rings. The van der Waals surface area contributed by atoms with Crippen LogP contribution in [-0.2, 0) is 6.54 Å². The van der Waals surface area contributed by atoms with E-state index in [-0.39, 0.29) is 5.91 Å². The quantitative estimate of drug-likeness (QED) is 0.708. The van der Waals surface area contributed by atoms with Crippen molar-refractivity contribution in [2.45, 2.75) is 34.2 Å². The van der Waals surface area contributed by atoms with Crippen molar-refractivity contribution < 1.29 is 4.79 Å². The van der Waals surface area contributed by atoms with E-state index in [2.05, 4.69) is 32.7 Å². The summed E-state index contributed by atoms with van der Waals surface area (Å²) in [4.78, 5) is 21.4. The van der Waals surface area contributed by atoms with Gasteiger partial charge in [-0.3, -0.25) is 4.79 Å². The van der Waals surface area contributed by atoms with Crippen LogP contribution in [0.15, 0.2) is 48.5 Å². The van der Waals surface area contributed by atoms with Gasteiger partial charge < -0.3 is 10.6 Å². The molecule has 1 heterocycles. The second-order valence-corrected chi connectivity index (χ2v) is 6.83. The molecule has 0 aliphatic rings. The summed E-state index contributed by atoms with van der Waals surface area (Å²) in [5.41, 5.74) is 6.48. The van der Waals surface area contributed by atoms with Crippen molar-refractivity contribution in [2.24, 2.45) is 0 Å². The minimum absolute atomic E-state index is 0.217. The molecule has 0 aliphatic heterocycles. The van der Waals surface area contributed by atoms with Gasteiger partial charge in [0.25, 0.3) is 5.91 Å². The first-order valence-electron chi connectivity index (χ1n) is 8.94. The van der Waals surface area contributed by atoms with Gasteiger partial charge in [-0.05, 0) is 56.5 Å². The van der Waals surface area contributed by atoms with Gasteiger partial charge in [0.15, 0.2) is 0 Å². The Bertz CT molecular complexity index is 982. The zero-order chi connectivity index (χ0) is 19.4. The standard InChI is InChI=1S/C22H24N4O/c1-14-6-5-7-18(10-14)13-23-21(27)20-12-17(4)24-22(26-20)25-19-11-15(2)8-9-16(19)3/h5-12H,13H2,1-4H3,(H,23,27)(H,24,25,26). The number of hydrogen-bond donors (Lipinski definition) is 2. The molecule has 0 saturated heterocycles. The molecule has 3 aromatic rings. The summed E-state index contributed by atoms with van der Waals surface area (Å²) in [7, 11) is 0. The number of hydrogen-bond acceptors (Lipinski definition) is 4. The Labute approximate surface area is 159 Å². The van der Waals surface area contributed by atoms with E-state index in [0.29, 0.717) is 18.2 Å². The van der Waals surface area contributed by atoms with E-state index in [0.717, 1.165) is 28.1 Å². The summed E-state index contributed by atoms with van der Waals surface area (Å²) in [5.74, 6) is 0.204. The predicted molar refractivity (Wildman–Crippen MR) is 108 cm³/mol. The summed E-state index contributed by atoms with van der Waals surface area (Å²) in [5, 5.41) is 6.15. The lowest BCUT2D eigenvalue weighted by atomic mass is 10.1. The van der Waals surface area contributed by atoms with Crippen LogP contribution in [0.4, 0.5) is 11.6 Å². The number of aryl methyl sites for hydroxylation is 4. The molecule has 5 nitrogen and oxygen atoms in total. The van der Waals surface area contributed by atoms with Gasteiger partial charge in [-0.15, -0.1) is 0 Å². The van der Waals surface area contributed by atoms with Gasteiger partial charge in [-0.1, -0.05) is 42.0 Å². The summed E-state index contributed by atoms with van der Waals surface area (Å²) < 4.78 is 0. The third-order valence-electron chi connectivity index (χ3n) is 4.26. The molecule has 27 heavy (non-hydrogen) atoms. The number of nitrogens with one attached hydrogen (secondary N) is 2. The fourth-order valence-electron chi connectivity index (χ4n) is 2.83. The van der Waals surface area contributed by atoms with Crippen molar-refractivity contribution in [3.05, 3.63) is 82.2 Å². The molecule has 3 rings (SSSR count). The Balaban J connectivity index is 1.76. The Morgan fingerprint density at radius 3 is 2.48 bits per heavy atom. The van der Waals surface area contributed by atoms with E-state index in [4.69, 9.17) is 0 Å². The summed E-state index contributed by atoms with van der Waals surface area (Å²) in [6, 6.07) is 15.9. The first-order chi connectivity index (χ1) is 12.9. The number of carbonyl (C=O) groups is 1. The molecule has 138 valence electrons. The molecule has 0 bridgehead atoms. The van der Waals surface area contributed by atoms with Crippen molar-refractivity contribution in [2.75, 3.05) is 5.32 Å². The van der Waals surface area contributed by atoms with Crippen LogP contribution in [0.2, 0.25) is 0 Å². The highest BCUT2D eigenvalue weighted by Crippen LogP contribution is 2.20. The minimum atomic E-state index is -0.217. The highest BCUT2D eigenvalue weighted by Gasteiger charge is 2.11. The lowest BCUT2D eigenvalue weighted by molar-refractivity contribution is 0.0945. The topological polar surface area (TPSA) is 66.9 Å². The molecule has 1 amide bonds. The molecular formula is C22H24N4O. The first kappa shape index (κ1) is 18.6. The molecule has 0 spiro atoms. The molecule has 0 aliphatic carbocycles. The lowest BCUT2D eigenvalue weighted by Gasteiger charge is -2.11. The van der Waals surface area contributed by atoms with E-state index >= 15 is 0 Å². The maximum absolute atomic E-state index is 12.6. The van der Waals surface area contributed by atoms with Gasteiger partial charge in [-0.25, -0.2) is 9.97 Å². The van der Waals surface area contributed by atoms with Crippen LogP contribution in [0.1, 0.15) is 38.4 Å². The smallest absolute Gasteiger partial charge is 0.270 e. The summed E-state index contributed by atoms with van der Waals surface area (Å²) in [6.07, 6.45) is 0. The number of amides is 1. The van der Waals surface area contributed by atoms with E-state index in [1.807, 2.05) is 58.0 Å². The SMILES string of the molecule is Cc1cccc(CNC(=O)c2cc(C)nc(Nc3cc(C)ccc3C)n2)c1. The maximum Gasteiger partial charge on any atom is 0.270 e. The third-order valence-corrected chi connectivity index (χ3v) is 4.26. The molecule has 5 heteroatoms. The highest BCUT2D eigenvalue weighted by atomic mass is 16.1. The van der Waals surface area contributed by atoms with Gasteiger partial charge in [0.2, 0.25) is 5.95 Å². The van der Waals surface area contributed by atoms with Crippen molar-refractivity contribution in [3.8, 4) is 0 Å². The molecule has 1 aromatic heterocycles. The monoisotopic (exact) mass is 360 g/mol. The Morgan fingerprint density at radius 2 is 1.70 bits per heavy atom. The fraction of sp³-hybridized carbons (Fsp3) is 0.227. The van der Waals surface area contributed by atoms with Crippen molar-refractivity contribution in [1.29, 1.82) is 0 Å². The largest absolute Gasteiger partial charge is 0.347 e. The van der Waals surface area contributed by atoms with E-state index in [1.165, 1.54) is 5.56 Å². The average molecular weight is 360 g/mol. The number of aromatic nitrogens is 2. The average Bonchev–Trinajstić information content (AvgIpc) is 2.62. The van der Waals surface area contributed by atoms with Crippen LogP contribution in [-0.4, -0.2) is 15.9 Å². The highest BCUT2D eigenvalue weighted by molar-refractivity contribution is 5.92. The Morgan fingerprint density at radius 1 is 0.926 bits per heavy atom. The number of rotatable bonds is 5. The van der Waals surface area contributed by atoms with E-state index in [1.54, 1.807) is 6.07 Å². The van der Waals surface area contributed by atoms with Crippen LogP contribution in [0.3, 0.4) is 0 Å². The maximum atomic E-state index is 12.6. The molecular weight excluding hydrogens is 336 g/mol. The van der Waals surface area contributed by atoms with Crippen molar-refractivity contribution >= 4 is 17.5 Å². The molecule has 0 unspecified atom stereocenters. The van der Waals surface area contributed by atoms with Crippen molar-refractivity contribution in [3.63, 3.8) is 0 Å². The van der Waals surface area contributed by atoms with Gasteiger partial charge >= 0.3 is 0 Å². The number of nitrogens with zero attached hydrogens (tertiary/aromatic N) is 2. The number of carbonyl (C=O) groups excluding carboxylic acids is 1. The minimum Gasteiger partial charge on any atom is -0.347 e. The lowest BCUT2D eigenvalue weighted by Crippen LogP contribution is -2.24. The second kappa shape index (κ2) is 7.99. The molecule has 0 radical (unpaired) electrons. The Kier molecular flexibility index (Phi) is 5.50. The predicted octanol–water partition coefficient (Wildman–Crippen LogP) is 4.38. The van der Waals surface area contributed by atoms with Gasteiger partial charge in [0, 0.05) is 17.9 Å². The zero-order valence-corrected chi connectivity index (χ0v) is 16.1. The van der Waals surface area contributed by atoms with Gasteiger partial charge in [-0.2, -0.15) is 0 Å². The van der Waals surface area contributed by atoms with E-state index < -0.39 is 0 Å². The normalized spacial score (nSPS) is 10.5. The van der Waals surface area contributed by atoms with Crippen LogP contribution in [0.25, 0.3) is 0 Å². The molecule has 2 aromatic carbocycles. The van der Waals surface area contributed by atoms with Crippen LogP contribution in [0.5, 0.6) is 0 Å². The number of benzene rings is 2. The zero-order valence-electron chi connectivity index (χ0n) is 16.1. The fourth-order valence-corrected chi connectivity index (χ4v) is 2.83. The number of anilines is 2. The van der Waals surface area contributed by atoms with Crippen LogP contribution < -0.4 is 10.6 Å². The first-order valence-corrected chi connectivity index (χ1v) is 8.94. The molecule has 2 N–H and O–H groups in total.